The second-order valence-electron chi connectivity index (χ2n) is 3.99. The monoisotopic (exact) mass is 184 g/mol. The summed E-state index contributed by atoms with van der Waals surface area (Å²) >= 11 is 0. The molecule has 0 aromatic rings. The highest BCUT2D eigenvalue weighted by molar-refractivity contribution is 5.81. The van der Waals surface area contributed by atoms with Crippen LogP contribution < -0.4 is 5.73 Å². The van der Waals surface area contributed by atoms with E-state index in [4.69, 9.17) is 10.5 Å². The summed E-state index contributed by atoms with van der Waals surface area (Å²) in [6, 6.07) is -0.377. The summed E-state index contributed by atoms with van der Waals surface area (Å²) in [4.78, 5) is 13.4. The molecule has 0 saturated carbocycles. The molecule has 0 aromatic heterocycles. The number of carbonyl (C=O) groups is 1. The van der Waals surface area contributed by atoms with E-state index in [0.29, 0.717) is 0 Å². The first-order chi connectivity index (χ1) is 6.16. The lowest BCUT2D eigenvalue weighted by atomic mass is 10.2. The van der Waals surface area contributed by atoms with Gasteiger partial charge in [0.05, 0.1) is 18.2 Å². The van der Waals surface area contributed by atoms with Crippen LogP contribution in [-0.2, 0) is 9.53 Å². The smallest absolute Gasteiger partial charge is 0.239 e. The van der Waals surface area contributed by atoms with Gasteiger partial charge in [-0.25, -0.2) is 0 Å². The van der Waals surface area contributed by atoms with Gasteiger partial charge in [-0.05, 0) is 19.8 Å². The fourth-order valence-electron chi connectivity index (χ4n) is 2.08. The third-order valence-electron chi connectivity index (χ3n) is 2.74. The van der Waals surface area contributed by atoms with Crippen molar-refractivity contribution in [1.82, 2.24) is 4.90 Å². The van der Waals surface area contributed by atoms with Gasteiger partial charge in [-0.1, -0.05) is 0 Å². The minimum absolute atomic E-state index is 0.0557. The molecule has 2 aliphatic heterocycles. The summed E-state index contributed by atoms with van der Waals surface area (Å²) in [7, 11) is 0. The summed E-state index contributed by atoms with van der Waals surface area (Å²) in [5.74, 6) is 0.0557. The number of hydrogen-bond donors (Lipinski definition) is 1. The quantitative estimate of drug-likeness (QED) is 0.610. The topological polar surface area (TPSA) is 55.6 Å². The van der Waals surface area contributed by atoms with Gasteiger partial charge in [0.2, 0.25) is 5.91 Å². The van der Waals surface area contributed by atoms with E-state index in [0.717, 1.165) is 25.9 Å². The Hall–Kier alpha value is -0.610. The van der Waals surface area contributed by atoms with Crippen molar-refractivity contribution in [2.75, 3.05) is 13.1 Å². The van der Waals surface area contributed by atoms with Crippen molar-refractivity contribution in [2.24, 2.45) is 5.73 Å². The Morgan fingerprint density at radius 2 is 2.00 bits per heavy atom. The SMILES string of the molecule is C[C@H](N)C(=O)N1CC2CCC(C1)O2. The van der Waals surface area contributed by atoms with Crippen molar-refractivity contribution in [3.05, 3.63) is 0 Å². The molecule has 0 aromatic carbocycles. The third-order valence-corrected chi connectivity index (χ3v) is 2.74. The highest BCUT2D eigenvalue weighted by Gasteiger charge is 2.36. The first-order valence-corrected chi connectivity index (χ1v) is 4.86. The standard InChI is InChI=1S/C9H16N2O2/c1-6(10)9(12)11-4-7-2-3-8(5-11)13-7/h6-8H,2-5,10H2,1H3/t6-,7?,8?/m0/s1. The number of nitrogens with two attached hydrogens (primary N) is 1. The molecule has 2 rings (SSSR count). The Morgan fingerprint density at radius 1 is 1.46 bits per heavy atom. The van der Waals surface area contributed by atoms with Crippen LogP contribution in [0.3, 0.4) is 0 Å². The molecule has 2 fully saturated rings. The van der Waals surface area contributed by atoms with E-state index in [1.54, 1.807) is 6.92 Å². The van der Waals surface area contributed by atoms with Crippen molar-refractivity contribution >= 4 is 5.91 Å². The van der Waals surface area contributed by atoms with Crippen LogP contribution in [0.25, 0.3) is 0 Å². The van der Waals surface area contributed by atoms with Crippen LogP contribution in [0, 0.1) is 0 Å². The fourth-order valence-corrected chi connectivity index (χ4v) is 2.08. The second-order valence-corrected chi connectivity index (χ2v) is 3.99. The molecule has 0 spiro atoms. The lowest BCUT2D eigenvalue weighted by Crippen LogP contribution is -2.50. The molecule has 2 bridgehead atoms. The second kappa shape index (κ2) is 3.27. The van der Waals surface area contributed by atoms with Gasteiger partial charge in [0.25, 0.3) is 0 Å². The number of likely N-dealkylation sites (tertiary alicyclic amines) is 1. The molecule has 1 amide bonds. The number of rotatable bonds is 1. The van der Waals surface area contributed by atoms with E-state index in [1.165, 1.54) is 0 Å². The lowest BCUT2D eigenvalue weighted by molar-refractivity contribution is -0.140. The van der Waals surface area contributed by atoms with E-state index < -0.39 is 0 Å². The molecule has 2 aliphatic rings. The van der Waals surface area contributed by atoms with Crippen molar-refractivity contribution in [1.29, 1.82) is 0 Å². The van der Waals surface area contributed by atoms with Gasteiger partial charge in [0.15, 0.2) is 0 Å². The van der Waals surface area contributed by atoms with E-state index >= 15 is 0 Å². The molecule has 3 atom stereocenters. The first kappa shape index (κ1) is 8.97. The summed E-state index contributed by atoms with van der Waals surface area (Å²) in [6.07, 6.45) is 2.71. The number of hydrogen-bond acceptors (Lipinski definition) is 3. The van der Waals surface area contributed by atoms with Crippen molar-refractivity contribution in [3.63, 3.8) is 0 Å². The van der Waals surface area contributed by atoms with Gasteiger partial charge in [0.1, 0.15) is 0 Å². The van der Waals surface area contributed by atoms with Crippen LogP contribution in [0.4, 0.5) is 0 Å². The molecule has 2 saturated heterocycles. The minimum atomic E-state index is -0.377. The van der Waals surface area contributed by atoms with Gasteiger partial charge in [0, 0.05) is 13.1 Å². The zero-order valence-electron chi connectivity index (χ0n) is 7.90. The molecule has 0 radical (unpaired) electrons. The maximum atomic E-state index is 11.6. The van der Waals surface area contributed by atoms with Crippen LogP contribution in [0.1, 0.15) is 19.8 Å². The summed E-state index contributed by atoms with van der Waals surface area (Å²) in [5.41, 5.74) is 5.55. The predicted octanol–water partition coefficient (Wildman–Crippen LogP) is -0.277. The highest BCUT2D eigenvalue weighted by atomic mass is 16.5. The number of morpholine rings is 1. The summed E-state index contributed by atoms with van der Waals surface area (Å²) in [5, 5.41) is 0. The molecule has 13 heavy (non-hydrogen) atoms. The van der Waals surface area contributed by atoms with Crippen molar-refractivity contribution in [2.45, 2.75) is 38.0 Å². The molecule has 4 heteroatoms. The van der Waals surface area contributed by atoms with E-state index in [9.17, 15) is 4.79 Å². The number of nitrogens with zero attached hydrogens (tertiary/aromatic N) is 1. The Kier molecular flexibility index (Phi) is 2.26. The fraction of sp³-hybridized carbons (Fsp3) is 0.889. The van der Waals surface area contributed by atoms with Crippen LogP contribution in [0.15, 0.2) is 0 Å². The predicted molar refractivity (Wildman–Crippen MR) is 48.1 cm³/mol. The average Bonchev–Trinajstić information content (AvgIpc) is 2.44. The van der Waals surface area contributed by atoms with Crippen LogP contribution in [-0.4, -0.2) is 42.1 Å². The number of ether oxygens (including phenoxy) is 1. The molecule has 2 heterocycles. The molecular weight excluding hydrogens is 168 g/mol. The molecule has 2 unspecified atom stereocenters. The third kappa shape index (κ3) is 1.69. The van der Waals surface area contributed by atoms with E-state index in [1.807, 2.05) is 4.90 Å². The Balaban J connectivity index is 1.98. The zero-order valence-corrected chi connectivity index (χ0v) is 7.90. The Labute approximate surface area is 78.0 Å². The molecule has 0 aliphatic carbocycles. The molecule has 2 N–H and O–H groups in total. The lowest BCUT2D eigenvalue weighted by Gasteiger charge is -2.33. The largest absolute Gasteiger partial charge is 0.371 e. The minimum Gasteiger partial charge on any atom is -0.371 e. The van der Waals surface area contributed by atoms with Gasteiger partial charge in [-0.15, -0.1) is 0 Å². The molecule has 4 nitrogen and oxygen atoms in total. The van der Waals surface area contributed by atoms with Crippen molar-refractivity contribution < 1.29 is 9.53 Å². The zero-order chi connectivity index (χ0) is 9.42. The number of fused-ring (bicyclic) bond motifs is 2. The summed E-state index contributed by atoms with van der Waals surface area (Å²) < 4.78 is 5.62. The van der Waals surface area contributed by atoms with Crippen LogP contribution in [0.2, 0.25) is 0 Å². The van der Waals surface area contributed by atoms with Gasteiger partial charge in [-0.3, -0.25) is 4.79 Å². The Morgan fingerprint density at radius 3 is 2.46 bits per heavy atom. The highest BCUT2D eigenvalue weighted by Crippen LogP contribution is 2.26. The normalized spacial score (nSPS) is 34.8. The summed E-state index contributed by atoms with van der Waals surface area (Å²) in [6.45, 7) is 3.20. The maximum Gasteiger partial charge on any atom is 0.239 e. The molecular formula is C9H16N2O2. The van der Waals surface area contributed by atoms with E-state index in [2.05, 4.69) is 0 Å². The first-order valence-electron chi connectivity index (χ1n) is 4.86. The maximum absolute atomic E-state index is 11.6. The van der Waals surface area contributed by atoms with Crippen molar-refractivity contribution in [3.8, 4) is 0 Å². The number of carbonyl (C=O) groups excluding carboxylic acids is 1. The number of amides is 1. The van der Waals surface area contributed by atoms with E-state index in [-0.39, 0.29) is 24.2 Å². The van der Waals surface area contributed by atoms with Crippen LogP contribution >= 0.6 is 0 Å². The Bertz CT molecular complexity index is 206. The average molecular weight is 184 g/mol. The van der Waals surface area contributed by atoms with Gasteiger partial charge in [-0.2, -0.15) is 0 Å². The van der Waals surface area contributed by atoms with Gasteiger partial charge >= 0.3 is 0 Å². The molecule has 74 valence electrons. The van der Waals surface area contributed by atoms with Gasteiger partial charge < -0.3 is 15.4 Å². The van der Waals surface area contributed by atoms with Crippen LogP contribution in [0.5, 0.6) is 0 Å².